The average Bonchev–Trinajstić information content (AvgIpc) is 2.41. The molecule has 4 heteroatoms. The smallest absolute Gasteiger partial charge is 0.224 e. The van der Waals surface area contributed by atoms with Crippen LogP contribution in [0.1, 0.15) is 29.3 Å². The van der Waals surface area contributed by atoms with Crippen LogP contribution in [0.5, 0.6) is 11.6 Å². The van der Waals surface area contributed by atoms with Gasteiger partial charge in [-0.15, -0.1) is 0 Å². The van der Waals surface area contributed by atoms with Crippen molar-refractivity contribution < 1.29 is 9.13 Å². The van der Waals surface area contributed by atoms with Crippen molar-refractivity contribution in [2.75, 3.05) is 6.54 Å². The Morgan fingerprint density at radius 1 is 1.14 bits per heavy atom. The minimum Gasteiger partial charge on any atom is -0.438 e. The molecule has 0 atom stereocenters. The van der Waals surface area contributed by atoms with E-state index in [1.54, 1.807) is 6.07 Å². The lowest BCUT2D eigenvalue weighted by Gasteiger charge is -2.15. The van der Waals surface area contributed by atoms with Gasteiger partial charge in [0.1, 0.15) is 11.6 Å². The number of ether oxygens (including phenoxy) is 1. The summed E-state index contributed by atoms with van der Waals surface area (Å²) >= 11 is 0. The molecule has 1 aromatic heterocycles. The van der Waals surface area contributed by atoms with Gasteiger partial charge in [0.25, 0.3) is 0 Å². The number of pyridine rings is 1. The fraction of sp³-hybridized carbons (Fsp3) is 0.353. The monoisotopic (exact) mass is 288 g/mol. The summed E-state index contributed by atoms with van der Waals surface area (Å²) in [6.45, 7) is 9.44. The maximum atomic E-state index is 13.2. The molecule has 0 fully saturated rings. The topological polar surface area (TPSA) is 34.2 Å². The van der Waals surface area contributed by atoms with E-state index in [9.17, 15) is 4.39 Å². The highest BCUT2D eigenvalue weighted by atomic mass is 19.1. The Kier molecular flexibility index (Phi) is 4.91. The van der Waals surface area contributed by atoms with E-state index in [-0.39, 0.29) is 5.82 Å². The van der Waals surface area contributed by atoms with Gasteiger partial charge in [0, 0.05) is 17.8 Å². The van der Waals surface area contributed by atoms with Gasteiger partial charge in [-0.25, -0.2) is 9.37 Å². The van der Waals surface area contributed by atoms with Crippen molar-refractivity contribution in [2.24, 2.45) is 0 Å². The van der Waals surface area contributed by atoms with Gasteiger partial charge in [-0.1, -0.05) is 6.92 Å². The molecule has 0 aliphatic carbocycles. The van der Waals surface area contributed by atoms with Gasteiger partial charge in [-0.05, 0) is 62.7 Å². The molecule has 21 heavy (non-hydrogen) atoms. The number of nitrogens with one attached hydrogen (secondary N) is 1. The second-order valence-electron chi connectivity index (χ2n) is 5.16. The average molecular weight is 288 g/mol. The number of aryl methyl sites for hydroxylation is 3. The molecule has 0 amide bonds. The largest absolute Gasteiger partial charge is 0.438 e. The molecule has 2 aromatic rings. The molecule has 0 radical (unpaired) electrons. The maximum absolute atomic E-state index is 13.2. The maximum Gasteiger partial charge on any atom is 0.224 e. The predicted molar refractivity (Wildman–Crippen MR) is 82.3 cm³/mol. The molecule has 0 aliphatic rings. The molecule has 1 heterocycles. The van der Waals surface area contributed by atoms with E-state index >= 15 is 0 Å². The highest BCUT2D eigenvalue weighted by Gasteiger charge is 2.12. The molecule has 112 valence electrons. The van der Waals surface area contributed by atoms with Gasteiger partial charge in [-0.3, -0.25) is 0 Å². The summed E-state index contributed by atoms with van der Waals surface area (Å²) in [5.74, 6) is 0.955. The lowest BCUT2D eigenvalue weighted by Crippen LogP contribution is -2.14. The molecule has 0 saturated carbocycles. The number of rotatable bonds is 5. The van der Waals surface area contributed by atoms with Crippen LogP contribution in [0.25, 0.3) is 0 Å². The van der Waals surface area contributed by atoms with E-state index in [4.69, 9.17) is 4.74 Å². The van der Waals surface area contributed by atoms with Crippen LogP contribution in [-0.4, -0.2) is 11.5 Å². The van der Waals surface area contributed by atoms with Crippen LogP contribution in [0.15, 0.2) is 24.3 Å². The van der Waals surface area contributed by atoms with E-state index in [2.05, 4.69) is 17.2 Å². The van der Waals surface area contributed by atoms with Crippen LogP contribution >= 0.6 is 0 Å². The van der Waals surface area contributed by atoms with E-state index in [1.165, 1.54) is 12.1 Å². The third-order valence-corrected chi connectivity index (χ3v) is 3.33. The van der Waals surface area contributed by atoms with Crippen LogP contribution < -0.4 is 10.1 Å². The molecule has 1 N–H and O–H groups in total. The van der Waals surface area contributed by atoms with Crippen LogP contribution in [0.2, 0.25) is 0 Å². The van der Waals surface area contributed by atoms with Crippen LogP contribution in [0.4, 0.5) is 4.39 Å². The highest BCUT2D eigenvalue weighted by Crippen LogP contribution is 2.29. The number of hydrogen-bond acceptors (Lipinski definition) is 3. The fourth-order valence-corrected chi connectivity index (χ4v) is 2.21. The van der Waals surface area contributed by atoms with Crippen molar-refractivity contribution in [2.45, 2.75) is 34.2 Å². The molecule has 0 spiro atoms. The first kappa shape index (κ1) is 15.4. The van der Waals surface area contributed by atoms with Crippen LogP contribution in [0, 0.1) is 26.6 Å². The summed E-state index contributed by atoms with van der Waals surface area (Å²) in [6, 6.07) is 6.54. The van der Waals surface area contributed by atoms with E-state index in [1.807, 2.05) is 26.8 Å². The van der Waals surface area contributed by atoms with Crippen molar-refractivity contribution in [3.63, 3.8) is 0 Å². The molecule has 0 unspecified atom stereocenters. The Balaban J connectivity index is 2.37. The zero-order chi connectivity index (χ0) is 15.4. The van der Waals surface area contributed by atoms with E-state index < -0.39 is 0 Å². The molecule has 0 bridgehead atoms. The molecule has 2 rings (SSSR count). The molecule has 3 nitrogen and oxygen atoms in total. The predicted octanol–water partition coefficient (Wildman–Crippen LogP) is 4.05. The highest BCUT2D eigenvalue weighted by molar-refractivity contribution is 5.41. The number of nitrogens with zero attached hydrogens (tertiary/aromatic N) is 1. The van der Waals surface area contributed by atoms with Gasteiger partial charge in [-0.2, -0.15) is 0 Å². The second-order valence-corrected chi connectivity index (χ2v) is 5.16. The summed E-state index contributed by atoms with van der Waals surface area (Å²) < 4.78 is 19.1. The minimum atomic E-state index is -0.263. The molecule has 1 aromatic carbocycles. The van der Waals surface area contributed by atoms with Crippen molar-refractivity contribution in [3.8, 4) is 11.6 Å². The van der Waals surface area contributed by atoms with Gasteiger partial charge in [0.05, 0.1) is 0 Å². The number of benzene rings is 1. The van der Waals surface area contributed by atoms with Gasteiger partial charge in [0.15, 0.2) is 0 Å². The van der Waals surface area contributed by atoms with E-state index in [0.717, 1.165) is 28.9 Å². The van der Waals surface area contributed by atoms with Crippen molar-refractivity contribution in [1.82, 2.24) is 10.3 Å². The Labute approximate surface area is 125 Å². The standard InChI is InChI=1S/C17H21FN2O/c1-5-19-10-15-11(2)8-13(4)20-17(15)21-16-7-6-14(18)9-12(16)3/h6-9,19H,5,10H2,1-4H3. The second kappa shape index (κ2) is 6.68. The lowest BCUT2D eigenvalue weighted by atomic mass is 10.1. The first-order valence-corrected chi connectivity index (χ1v) is 7.13. The van der Waals surface area contributed by atoms with Gasteiger partial charge < -0.3 is 10.1 Å². The molecular formula is C17H21FN2O. The van der Waals surface area contributed by atoms with Crippen LogP contribution in [-0.2, 0) is 6.54 Å². The molecule has 0 saturated heterocycles. The SMILES string of the molecule is CCNCc1c(C)cc(C)nc1Oc1ccc(F)cc1C. The third-order valence-electron chi connectivity index (χ3n) is 3.33. The normalized spacial score (nSPS) is 10.7. The van der Waals surface area contributed by atoms with Crippen LogP contribution in [0.3, 0.4) is 0 Å². The quantitative estimate of drug-likeness (QED) is 0.901. The number of aromatic nitrogens is 1. The Morgan fingerprint density at radius 2 is 1.90 bits per heavy atom. The Morgan fingerprint density at radius 3 is 2.57 bits per heavy atom. The van der Waals surface area contributed by atoms with Gasteiger partial charge >= 0.3 is 0 Å². The van der Waals surface area contributed by atoms with Crippen molar-refractivity contribution >= 4 is 0 Å². The molecule has 0 aliphatic heterocycles. The van der Waals surface area contributed by atoms with E-state index in [0.29, 0.717) is 18.2 Å². The first-order chi connectivity index (χ1) is 10.0. The summed E-state index contributed by atoms with van der Waals surface area (Å²) in [5.41, 5.74) is 3.83. The first-order valence-electron chi connectivity index (χ1n) is 7.13. The summed E-state index contributed by atoms with van der Waals surface area (Å²) in [7, 11) is 0. The summed E-state index contributed by atoms with van der Waals surface area (Å²) in [4.78, 5) is 4.49. The minimum absolute atomic E-state index is 0.263. The number of hydrogen-bond donors (Lipinski definition) is 1. The number of halogens is 1. The lowest BCUT2D eigenvalue weighted by molar-refractivity contribution is 0.446. The van der Waals surface area contributed by atoms with Crippen molar-refractivity contribution in [1.29, 1.82) is 0 Å². The zero-order valence-electron chi connectivity index (χ0n) is 13.0. The Bertz CT molecular complexity index is 641. The molecular weight excluding hydrogens is 267 g/mol. The van der Waals surface area contributed by atoms with Crippen molar-refractivity contribution in [3.05, 3.63) is 52.5 Å². The Hall–Kier alpha value is -1.94. The third kappa shape index (κ3) is 3.79. The summed E-state index contributed by atoms with van der Waals surface area (Å²) in [5, 5.41) is 3.29. The zero-order valence-corrected chi connectivity index (χ0v) is 13.0. The summed E-state index contributed by atoms with van der Waals surface area (Å²) in [6.07, 6.45) is 0. The fourth-order valence-electron chi connectivity index (χ4n) is 2.21. The van der Waals surface area contributed by atoms with Gasteiger partial charge in [0.2, 0.25) is 5.88 Å².